The number of H-pyrrole nitrogens is 1. The molecule has 2 atom stereocenters. The molecule has 2 aromatic rings. The summed E-state index contributed by atoms with van der Waals surface area (Å²) in [6.45, 7) is 6.66. The van der Waals surface area contributed by atoms with Crippen molar-refractivity contribution in [1.29, 1.82) is 0 Å². The van der Waals surface area contributed by atoms with Gasteiger partial charge in [-0.25, -0.2) is 0 Å². The summed E-state index contributed by atoms with van der Waals surface area (Å²) in [6.07, 6.45) is 1.87. The Bertz CT molecular complexity index is 800. The molecule has 0 spiro atoms. The summed E-state index contributed by atoms with van der Waals surface area (Å²) in [6, 6.07) is 8.18. The smallest absolute Gasteiger partial charge is 0.307 e. The molecule has 156 valence electrons. The molecule has 29 heavy (non-hydrogen) atoms. The number of rotatable bonds is 8. The average Bonchev–Trinajstić information content (AvgIpc) is 3.25. The predicted molar refractivity (Wildman–Crippen MR) is 108 cm³/mol. The van der Waals surface area contributed by atoms with Crippen LogP contribution in [0.3, 0.4) is 0 Å². The van der Waals surface area contributed by atoms with Crippen LogP contribution >= 0.6 is 0 Å². The predicted octanol–water partition coefficient (Wildman–Crippen LogP) is 1.70. The first-order valence-electron chi connectivity index (χ1n) is 10.0. The zero-order valence-corrected chi connectivity index (χ0v) is 16.9. The number of carbonyl (C=O) groups excluding carboxylic acids is 1. The maximum Gasteiger partial charge on any atom is 0.307 e. The molecule has 1 amide bonds. The molecule has 3 rings (SSSR count). The van der Waals surface area contributed by atoms with Crippen LogP contribution in [0.5, 0.6) is 0 Å². The Morgan fingerprint density at radius 2 is 1.86 bits per heavy atom. The summed E-state index contributed by atoms with van der Waals surface area (Å²) in [4.78, 5) is 27.4. The third-order valence-electron chi connectivity index (χ3n) is 5.58. The molecule has 9 heteroatoms. The van der Waals surface area contributed by atoms with Gasteiger partial charge in [0.2, 0.25) is 5.91 Å². The lowest BCUT2D eigenvalue weighted by atomic mass is 9.83. The number of nitrogens with zero attached hydrogens (tertiary/aromatic N) is 5. The second-order valence-electron chi connectivity index (χ2n) is 7.47. The Morgan fingerprint density at radius 1 is 1.17 bits per heavy atom. The lowest BCUT2D eigenvalue weighted by Gasteiger charge is -2.35. The summed E-state index contributed by atoms with van der Waals surface area (Å²) >= 11 is 0. The van der Waals surface area contributed by atoms with E-state index in [9.17, 15) is 14.7 Å². The van der Waals surface area contributed by atoms with Crippen LogP contribution in [0.1, 0.15) is 44.0 Å². The number of amides is 1. The number of carboxylic acids is 1. The Labute approximate surface area is 170 Å². The first-order chi connectivity index (χ1) is 14.0. The molecule has 1 aliphatic rings. The number of aromatic nitrogens is 4. The van der Waals surface area contributed by atoms with Gasteiger partial charge in [-0.1, -0.05) is 30.7 Å². The van der Waals surface area contributed by atoms with E-state index in [1.807, 2.05) is 24.0 Å². The third-order valence-corrected chi connectivity index (χ3v) is 5.58. The Morgan fingerprint density at radius 3 is 2.38 bits per heavy atom. The fourth-order valence-corrected chi connectivity index (χ4v) is 3.92. The Balaban J connectivity index is 1.71. The molecule has 1 fully saturated rings. The van der Waals surface area contributed by atoms with E-state index in [0.29, 0.717) is 18.7 Å². The number of nitrogens with one attached hydrogen (secondary N) is 1. The average molecular weight is 400 g/mol. The lowest BCUT2D eigenvalue weighted by molar-refractivity contribution is -0.143. The molecule has 2 N–H and O–H groups in total. The largest absolute Gasteiger partial charge is 0.481 e. The van der Waals surface area contributed by atoms with Gasteiger partial charge in [-0.3, -0.25) is 9.59 Å². The molecule has 1 aromatic heterocycles. The highest BCUT2D eigenvalue weighted by Crippen LogP contribution is 2.30. The van der Waals surface area contributed by atoms with E-state index in [0.717, 1.165) is 43.9 Å². The van der Waals surface area contributed by atoms with Crippen LogP contribution in [0.2, 0.25) is 0 Å². The molecule has 9 nitrogen and oxygen atoms in total. The van der Waals surface area contributed by atoms with Crippen molar-refractivity contribution >= 4 is 17.6 Å². The van der Waals surface area contributed by atoms with Crippen LogP contribution in [0.15, 0.2) is 24.3 Å². The Kier molecular flexibility index (Phi) is 6.79. The van der Waals surface area contributed by atoms with Gasteiger partial charge in [-0.05, 0) is 30.5 Å². The van der Waals surface area contributed by atoms with Crippen LogP contribution in [0.4, 0.5) is 5.69 Å². The van der Waals surface area contributed by atoms with Crippen molar-refractivity contribution in [3.05, 3.63) is 35.7 Å². The minimum atomic E-state index is -0.832. The van der Waals surface area contributed by atoms with Gasteiger partial charge in [-0.2, -0.15) is 5.21 Å². The van der Waals surface area contributed by atoms with Crippen molar-refractivity contribution in [1.82, 2.24) is 25.5 Å². The van der Waals surface area contributed by atoms with E-state index in [4.69, 9.17) is 0 Å². The molecular weight excluding hydrogens is 372 g/mol. The quantitative estimate of drug-likeness (QED) is 0.693. The van der Waals surface area contributed by atoms with Gasteiger partial charge < -0.3 is 14.9 Å². The van der Waals surface area contributed by atoms with Gasteiger partial charge in [0, 0.05) is 44.7 Å². The maximum absolute atomic E-state index is 11.8. The van der Waals surface area contributed by atoms with Crippen molar-refractivity contribution in [2.45, 2.75) is 39.0 Å². The van der Waals surface area contributed by atoms with Crippen LogP contribution in [0, 0.1) is 5.92 Å². The van der Waals surface area contributed by atoms with E-state index in [1.165, 1.54) is 0 Å². The van der Waals surface area contributed by atoms with Gasteiger partial charge in [0.15, 0.2) is 5.82 Å². The van der Waals surface area contributed by atoms with Crippen LogP contribution in [-0.2, 0) is 16.0 Å². The monoisotopic (exact) mass is 400 g/mol. The molecule has 0 saturated carbocycles. The first kappa shape index (κ1) is 20.8. The van der Waals surface area contributed by atoms with Crippen molar-refractivity contribution in [2.24, 2.45) is 5.92 Å². The molecular formula is C20H28N6O3. The van der Waals surface area contributed by atoms with E-state index in [1.54, 1.807) is 6.92 Å². The van der Waals surface area contributed by atoms with E-state index >= 15 is 0 Å². The topological polar surface area (TPSA) is 115 Å². The zero-order valence-electron chi connectivity index (χ0n) is 16.9. The molecule has 2 heterocycles. The fraction of sp³-hybridized carbons (Fsp3) is 0.550. The fourth-order valence-electron chi connectivity index (χ4n) is 3.92. The van der Waals surface area contributed by atoms with E-state index < -0.39 is 11.9 Å². The summed E-state index contributed by atoms with van der Waals surface area (Å²) in [7, 11) is 0. The third kappa shape index (κ3) is 5.10. The molecule has 1 saturated heterocycles. The first-order valence-corrected chi connectivity index (χ1v) is 10.0. The van der Waals surface area contributed by atoms with Gasteiger partial charge in [0.1, 0.15) is 0 Å². The van der Waals surface area contributed by atoms with Crippen molar-refractivity contribution in [3.63, 3.8) is 0 Å². The molecule has 0 radical (unpaired) electrons. The summed E-state index contributed by atoms with van der Waals surface area (Å²) in [5.41, 5.74) is 2.14. The second kappa shape index (κ2) is 9.49. The molecule has 0 bridgehead atoms. The highest BCUT2D eigenvalue weighted by molar-refractivity contribution is 5.73. The number of hydrogen-bond donors (Lipinski definition) is 2. The SMILES string of the molecule is CCCC(C(=O)O)C(Cc1ccc(N2CCN(C(C)=O)CC2)cc1)c1nn[nH]n1. The van der Waals surface area contributed by atoms with E-state index in [-0.39, 0.29) is 11.8 Å². The highest BCUT2D eigenvalue weighted by atomic mass is 16.4. The number of aromatic amines is 1. The zero-order chi connectivity index (χ0) is 20.8. The molecule has 2 unspecified atom stereocenters. The van der Waals surface area contributed by atoms with Crippen molar-refractivity contribution in [2.75, 3.05) is 31.1 Å². The number of hydrogen-bond acceptors (Lipinski definition) is 6. The van der Waals surface area contributed by atoms with Crippen molar-refractivity contribution < 1.29 is 14.7 Å². The van der Waals surface area contributed by atoms with Gasteiger partial charge in [0.05, 0.1) is 5.92 Å². The highest BCUT2D eigenvalue weighted by Gasteiger charge is 2.32. The standard InChI is InChI=1S/C20H28N6O3/c1-3-4-17(20(28)29)18(19-21-23-24-22-19)13-15-5-7-16(8-6-15)26-11-9-25(10-12-26)14(2)27/h5-8,17-18H,3-4,9-13H2,1-2H3,(H,28,29)(H,21,22,23,24). The van der Waals surface area contributed by atoms with Gasteiger partial charge in [-0.15, -0.1) is 10.2 Å². The van der Waals surface area contributed by atoms with Crippen LogP contribution in [-0.4, -0.2) is 68.7 Å². The summed E-state index contributed by atoms with van der Waals surface area (Å²) in [5, 5.41) is 23.9. The summed E-state index contributed by atoms with van der Waals surface area (Å²) in [5.74, 6) is -1.17. The molecule has 1 aliphatic heterocycles. The molecule has 1 aromatic carbocycles. The number of benzene rings is 1. The van der Waals surface area contributed by atoms with Crippen molar-refractivity contribution in [3.8, 4) is 0 Å². The summed E-state index contributed by atoms with van der Waals surface area (Å²) < 4.78 is 0. The van der Waals surface area contributed by atoms with E-state index in [2.05, 4.69) is 37.7 Å². The number of aliphatic carboxylic acids is 1. The number of tetrazole rings is 1. The molecule has 0 aliphatic carbocycles. The minimum absolute atomic E-state index is 0.118. The number of piperazine rings is 1. The number of carboxylic acid groups (broad SMARTS) is 1. The minimum Gasteiger partial charge on any atom is -0.481 e. The number of carbonyl (C=O) groups is 2. The van der Waals surface area contributed by atoms with Crippen LogP contribution < -0.4 is 4.90 Å². The lowest BCUT2D eigenvalue weighted by Crippen LogP contribution is -2.48. The normalized spacial score (nSPS) is 16.5. The number of anilines is 1. The maximum atomic E-state index is 11.8. The van der Waals surface area contributed by atoms with Gasteiger partial charge in [0.25, 0.3) is 0 Å². The second-order valence-corrected chi connectivity index (χ2v) is 7.47. The Hall–Kier alpha value is -2.97. The van der Waals surface area contributed by atoms with Gasteiger partial charge >= 0.3 is 5.97 Å². The van der Waals surface area contributed by atoms with Crippen LogP contribution in [0.25, 0.3) is 0 Å².